The highest BCUT2D eigenvalue weighted by molar-refractivity contribution is 5.64. The van der Waals surface area contributed by atoms with E-state index in [4.69, 9.17) is 5.73 Å². The van der Waals surface area contributed by atoms with E-state index in [9.17, 15) is 4.39 Å². The van der Waals surface area contributed by atoms with Crippen molar-refractivity contribution >= 4 is 17.8 Å². The van der Waals surface area contributed by atoms with E-state index in [0.29, 0.717) is 0 Å². The molecule has 0 aliphatic heterocycles. The molecular formula is C17H16FN. The minimum absolute atomic E-state index is 0.211. The highest BCUT2D eigenvalue weighted by Crippen LogP contribution is 2.12. The van der Waals surface area contributed by atoms with Gasteiger partial charge in [0.25, 0.3) is 0 Å². The maximum Gasteiger partial charge on any atom is 0.123 e. The number of hydrogen-bond donors (Lipinski definition) is 1. The average molecular weight is 253 g/mol. The summed E-state index contributed by atoms with van der Waals surface area (Å²) in [5.41, 5.74) is 8.63. The van der Waals surface area contributed by atoms with Gasteiger partial charge in [-0.25, -0.2) is 4.39 Å². The number of halogens is 1. The zero-order chi connectivity index (χ0) is 13.5. The molecule has 0 aromatic heterocycles. The van der Waals surface area contributed by atoms with Gasteiger partial charge < -0.3 is 5.73 Å². The molecule has 96 valence electrons. The lowest BCUT2D eigenvalue weighted by molar-refractivity contribution is 0.628. The van der Waals surface area contributed by atoms with E-state index in [1.54, 1.807) is 12.1 Å². The highest BCUT2D eigenvalue weighted by atomic mass is 19.1. The van der Waals surface area contributed by atoms with Crippen LogP contribution in [0.4, 0.5) is 10.1 Å². The maximum atomic E-state index is 12.7. The number of benzene rings is 2. The third-order valence-corrected chi connectivity index (χ3v) is 2.75. The largest absolute Gasteiger partial charge is 0.398 e. The van der Waals surface area contributed by atoms with Gasteiger partial charge in [0.15, 0.2) is 0 Å². The van der Waals surface area contributed by atoms with E-state index in [1.165, 1.54) is 12.1 Å². The zero-order valence-electron chi connectivity index (χ0n) is 10.6. The van der Waals surface area contributed by atoms with Crippen LogP contribution >= 0.6 is 0 Å². The maximum absolute atomic E-state index is 12.7. The Balaban J connectivity index is 1.90. The lowest BCUT2D eigenvalue weighted by Gasteiger charge is -1.97. The van der Waals surface area contributed by atoms with Gasteiger partial charge in [-0.05, 0) is 35.7 Å². The van der Waals surface area contributed by atoms with Crippen molar-refractivity contribution in [2.45, 2.75) is 6.42 Å². The summed E-state index contributed by atoms with van der Waals surface area (Å²) in [6.07, 6.45) is 8.86. The van der Waals surface area contributed by atoms with Crippen molar-refractivity contribution in [3.05, 3.63) is 77.6 Å². The van der Waals surface area contributed by atoms with Crippen molar-refractivity contribution in [1.82, 2.24) is 0 Å². The van der Waals surface area contributed by atoms with E-state index < -0.39 is 0 Å². The number of allylic oxidation sites excluding steroid dienone is 2. The lowest BCUT2D eigenvalue weighted by atomic mass is 10.1. The van der Waals surface area contributed by atoms with Crippen LogP contribution in [0, 0.1) is 5.82 Å². The first kappa shape index (κ1) is 13.1. The fraction of sp³-hybridized carbons (Fsp3) is 0.0588. The SMILES string of the molecule is Nc1ccccc1/C=C\C/C=C/c1ccc(F)cc1. The van der Waals surface area contributed by atoms with E-state index >= 15 is 0 Å². The minimum atomic E-state index is -0.211. The second-order valence-corrected chi connectivity index (χ2v) is 4.22. The van der Waals surface area contributed by atoms with E-state index in [1.807, 2.05) is 48.6 Å². The van der Waals surface area contributed by atoms with Gasteiger partial charge in [0.2, 0.25) is 0 Å². The molecule has 0 heterocycles. The third-order valence-electron chi connectivity index (χ3n) is 2.75. The van der Waals surface area contributed by atoms with Crippen molar-refractivity contribution in [3.63, 3.8) is 0 Å². The molecule has 2 aromatic rings. The number of nitrogen functional groups attached to an aromatic ring is 1. The fourth-order valence-electron chi connectivity index (χ4n) is 1.71. The molecule has 0 fully saturated rings. The van der Waals surface area contributed by atoms with Gasteiger partial charge in [-0.1, -0.05) is 54.6 Å². The quantitative estimate of drug-likeness (QED) is 0.796. The van der Waals surface area contributed by atoms with E-state index in [-0.39, 0.29) is 5.82 Å². The Morgan fingerprint density at radius 2 is 1.58 bits per heavy atom. The molecule has 19 heavy (non-hydrogen) atoms. The lowest BCUT2D eigenvalue weighted by Crippen LogP contribution is -1.86. The summed E-state index contributed by atoms with van der Waals surface area (Å²) in [5.74, 6) is -0.211. The summed E-state index contributed by atoms with van der Waals surface area (Å²) in [5, 5.41) is 0. The van der Waals surface area contributed by atoms with Crippen LogP contribution in [0.3, 0.4) is 0 Å². The third kappa shape index (κ3) is 4.11. The summed E-state index contributed by atoms with van der Waals surface area (Å²) in [7, 11) is 0. The summed E-state index contributed by atoms with van der Waals surface area (Å²) >= 11 is 0. The molecule has 0 radical (unpaired) electrons. The first-order valence-electron chi connectivity index (χ1n) is 6.19. The van der Waals surface area contributed by atoms with Crippen LogP contribution in [0.25, 0.3) is 12.2 Å². The van der Waals surface area contributed by atoms with Gasteiger partial charge in [0, 0.05) is 5.69 Å². The zero-order valence-corrected chi connectivity index (χ0v) is 10.6. The molecule has 0 saturated heterocycles. The molecule has 0 aliphatic rings. The van der Waals surface area contributed by atoms with Crippen molar-refractivity contribution in [2.24, 2.45) is 0 Å². The normalized spacial score (nSPS) is 11.4. The Bertz CT molecular complexity index is 582. The molecule has 0 unspecified atom stereocenters. The number of rotatable bonds is 4. The van der Waals surface area contributed by atoms with Crippen LogP contribution in [-0.4, -0.2) is 0 Å². The van der Waals surface area contributed by atoms with Gasteiger partial charge in [0.05, 0.1) is 0 Å². The molecular weight excluding hydrogens is 237 g/mol. The summed E-state index contributed by atoms with van der Waals surface area (Å²) in [4.78, 5) is 0. The second kappa shape index (κ2) is 6.55. The average Bonchev–Trinajstić information content (AvgIpc) is 2.42. The molecule has 0 amide bonds. The molecule has 0 atom stereocenters. The molecule has 2 heteroatoms. The Morgan fingerprint density at radius 3 is 2.32 bits per heavy atom. The van der Waals surface area contributed by atoms with Crippen molar-refractivity contribution in [3.8, 4) is 0 Å². The van der Waals surface area contributed by atoms with E-state index in [0.717, 1.165) is 23.2 Å². The standard InChI is InChI=1S/C17H16FN/c18-16-12-10-14(11-13-16)6-2-1-3-7-15-8-4-5-9-17(15)19/h2-13H,1,19H2/b6-2+,7-3-. The molecule has 1 nitrogen and oxygen atoms in total. The van der Waals surface area contributed by atoms with Crippen LogP contribution in [0.2, 0.25) is 0 Å². The Hall–Kier alpha value is -2.35. The number of nitrogens with two attached hydrogens (primary N) is 1. The van der Waals surface area contributed by atoms with Crippen molar-refractivity contribution in [1.29, 1.82) is 0 Å². The summed E-state index contributed by atoms with van der Waals surface area (Å²) in [6.45, 7) is 0. The smallest absolute Gasteiger partial charge is 0.123 e. The second-order valence-electron chi connectivity index (χ2n) is 4.22. The van der Waals surface area contributed by atoms with Crippen LogP contribution in [0.15, 0.2) is 60.7 Å². The molecule has 0 saturated carbocycles. The van der Waals surface area contributed by atoms with Gasteiger partial charge >= 0.3 is 0 Å². The van der Waals surface area contributed by atoms with Crippen molar-refractivity contribution in [2.75, 3.05) is 5.73 Å². The molecule has 0 aliphatic carbocycles. The highest BCUT2D eigenvalue weighted by Gasteiger charge is 1.90. The first-order chi connectivity index (χ1) is 9.25. The fourth-order valence-corrected chi connectivity index (χ4v) is 1.71. The van der Waals surface area contributed by atoms with Gasteiger partial charge in [-0.3, -0.25) is 0 Å². The Labute approximate surface area is 112 Å². The van der Waals surface area contributed by atoms with Gasteiger partial charge in [-0.2, -0.15) is 0 Å². The predicted molar refractivity (Wildman–Crippen MR) is 79.9 cm³/mol. The first-order valence-corrected chi connectivity index (χ1v) is 6.19. The topological polar surface area (TPSA) is 26.0 Å². The summed E-state index contributed by atoms with van der Waals surface area (Å²) < 4.78 is 12.7. The number of para-hydroxylation sites is 1. The Morgan fingerprint density at radius 1 is 0.895 bits per heavy atom. The molecule has 2 aromatic carbocycles. The van der Waals surface area contributed by atoms with Crippen LogP contribution < -0.4 is 5.73 Å². The summed E-state index contributed by atoms with van der Waals surface area (Å²) in [6, 6.07) is 14.2. The van der Waals surface area contributed by atoms with Crippen LogP contribution in [-0.2, 0) is 0 Å². The van der Waals surface area contributed by atoms with Gasteiger partial charge in [-0.15, -0.1) is 0 Å². The molecule has 0 spiro atoms. The molecule has 2 rings (SSSR count). The predicted octanol–water partition coefficient (Wildman–Crippen LogP) is 4.52. The van der Waals surface area contributed by atoms with E-state index in [2.05, 4.69) is 0 Å². The van der Waals surface area contributed by atoms with Crippen LogP contribution in [0.5, 0.6) is 0 Å². The number of hydrogen-bond acceptors (Lipinski definition) is 1. The van der Waals surface area contributed by atoms with Gasteiger partial charge in [0.1, 0.15) is 5.82 Å². The monoisotopic (exact) mass is 253 g/mol. The molecule has 0 bridgehead atoms. The van der Waals surface area contributed by atoms with Crippen molar-refractivity contribution < 1.29 is 4.39 Å². The number of anilines is 1. The van der Waals surface area contributed by atoms with Crippen LogP contribution in [0.1, 0.15) is 17.5 Å². The Kier molecular flexibility index (Phi) is 4.51. The molecule has 2 N–H and O–H groups in total. The minimum Gasteiger partial charge on any atom is -0.398 e.